The summed E-state index contributed by atoms with van der Waals surface area (Å²) < 4.78 is 1.82. The zero-order valence-electron chi connectivity index (χ0n) is 19.1. The van der Waals surface area contributed by atoms with Crippen LogP contribution in [0.3, 0.4) is 0 Å². The van der Waals surface area contributed by atoms with Gasteiger partial charge in [0.1, 0.15) is 10.8 Å². The highest BCUT2D eigenvalue weighted by molar-refractivity contribution is 7.15. The molecule has 4 aromatic rings. The molecule has 0 saturated heterocycles. The fraction of sp³-hybridized carbons (Fsp3) is 0.200. The standard InChI is InChI=1S/C25H24ClN5O2S/c1-4-17-13-19(23(32)18-10-6-7-11-20(18)26)24(34-17)31-16(3)29-30-22(31)14-27-25(33)28-21-12-8-5-9-15(21)2/h5-13H,4,14H2,1-3H3,(H2,27,28,33). The maximum atomic E-state index is 13.4. The zero-order valence-corrected chi connectivity index (χ0v) is 20.6. The Balaban J connectivity index is 1.62. The number of aryl methyl sites for hydroxylation is 3. The van der Waals surface area contributed by atoms with E-state index in [1.54, 1.807) is 24.3 Å². The molecule has 2 N–H and O–H groups in total. The van der Waals surface area contributed by atoms with E-state index in [2.05, 4.69) is 20.8 Å². The van der Waals surface area contributed by atoms with Gasteiger partial charge in [-0.25, -0.2) is 4.79 Å². The normalized spacial score (nSPS) is 10.8. The number of anilines is 1. The lowest BCUT2D eigenvalue weighted by Crippen LogP contribution is -2.29. The van der Waals surface area contributed by atoms with Gasteiger partial charge in [0.25, 0.3) is 0 Å². The van der Waals surface area contributed by atoms with Crippen LogP contribution in [0.5, 0.6) is 0 Å². The van der Waals surface area contributed by atoms with Crippen molar-refractivity contribution in [3.05, 3.63) is 92.8 Å². The van der Waals surface area contributed by atoms with Gasteiger partial charge in [0, 0.05) is 16.1 Å². The van der Waals surface area contributed by atoms with E-state index in [1.807, 2.05) is 55.7 Å². The first-order chi connectivity index (χ1) is 16.4. The Bertz CT molecular complexity index is 1360. The number of urea groups is 1. The van der Waals surface area contributed by atoms with Crippen LogP contribution in [0.25, 0.3) is 5.00 Å². The number of aromatic nitrogens is 3. The molecule has 0 fully saturated rings. The van der Waals surface area contributed by atoms with Gasteiger partial charge in [-0.05, 0) is 50.1 Å². The summed E-state index contributed by atoms with van der Waals surface area (Å²) >= 11 is 7.81. The van der Waals surface area contributed by atoms with Gasteiger partial charge >= 0.3 is 6.03 Å². The van der Waals surface area contributed by atoms with E-state index in [0.29, 0.717) is 32.8 Å². The maximum Gasteiger partial charge on any atom is 0.319 e. The number of carbonyl (C=O) groups excluding carboxylic acids is 2. The first-order valence-electron chi connectivity index (χ1n) is 10.8. The van der Waals surface area contributed by atoms with Crippen LogP contribution in [0.4, 0.5) is 10.5 Å². The van der Waals surface area contributed by atoms with Gasteiger partial charge < -0.3 is 10.6 Å². The zero-order chi connectivity index (χ0) is 24.2. The van der Waals surface area contributed by atoms with Gasteiger partial charge in [-0.2, -0.15) is 0 Å². The number of nitrogens with one attached hydrogen (secondary N) is 2. The molecule has 0 bridgehead atoms. The third kappa shape index (κ3) is 4.88. The van der Waals surface area contributed by atoms with E-state index in [-0.39, 0.29) is 18.4 Å². The van der Waals surface area contributed by atoms with Crippen LogP contribution in [0.1, 0.15) is 44.9 Å². The van der Waals surface area contributed by atoms with Crippen molar-refractivity contribution >= 4 is 40.4 Å². The molecule has 34 heavy (non-hydrogen) atoms. The molecule has 0 saturated carbocycles. The third-order valence-electron chi connectivity index (χ3n) is 5.37. The number of ketones is 1. The van der Waals surface area contributed by atoms with Crippen LogP contribution in [-0.2, 0) is 13.0 Å². The van der Waals surface area contributed by atoms with Crippen LogP contribution >= 0.6 is 22.9 Å². The van der Waals surface area contributed by atoms with Crippen molar-refractivity contribution in [3.8, 4) is 5.00 Å². The molecule has 9 heteroatoms. The molecule has 0 atom stereocenters. The van der Waals surface area contributed by atoms with Crippen molar-refractivity contribution < 1.29 is 9.59 Å². The van der Waals surface area contributed by atoms with Gasteiger partial charge in [-0.15, -0.1) is 21.5 Å². The van der Waals surface area contributed by atoms with E-state index in [0.717, 1.165) is 22.5 Å². The number of nitrogens with zero attached hydrogens (tertiary/aromatic N) is 3. The molecule has 0 aliphatic heterocycles. The lowest BCUT2D eigenvalue weighted by Gasteiger charge is -2.12. The second-order valence-electron chi connectivity index (χ2n) is 7.72. The Morgan fingerprint density at radius 1 is 1.03 bits per heavy atom. The highest BCUT2D eigenvalue weighted by Crippen LogP contribution is 2.32. The highest BCUT2D eigenvalue weighted by atomic mass is 35.5. The van der Waals surface area contributed by atoms with Crippen LogP contribution in [0.15, 0.2) is 54.6 Å². The second kappa shape index (κ2) is 10.2. The van der Waals surface area contributed by atoms with Gasteiger partial charge in [-0.3, -0.25) is 9.36 Å². The number of para-hydroxylation sites is 1. The average molecular weight is 494 g/mol. The molecule has 0 unspecified atom stereocenters. The first-order valence-corrected chi connectivity index (χ1v) is 12.0. The summed E-state index contributed by atoms with van der Waals surface area (Å²) in [5, 5.41) is 15.2. The molecular formula is C25H24ClN5O2S. The van der Waals surface area contributed by atoms with E-state index < -0.39 is 0 Å². The monoisotopic (exact) mass is 493 g/mol. The molecule has 2 aromatic carbocycles. The minimum Gasteiger partial charge on any atom is -0.331 e. The predicted molar refractivity (Wildman–Crippen MR) is 135 cm³/mol. The number of benzene rings is 2. The number of carbonyl (C=O) groups is 2. The van der Waals surface area contributed by atoms with Crippen molar-refractivity contribution in [2.24, 2.45) is 0 Å². The Hall–Kier alpha value is -3.49. The molecule has 2 amide bonds. The molecule has 174 valence electrons. The van der Waals surface area contributed by atoms with Gasteiger partial charge in [0.2, 0.25) is 0 Å². The second-order valence-corrected chi connectivity index (χ2v) is 9.24. The number of rotatable bonds is 7. The molecule has 2 heterocycles. The molecule has 2 aromatic heterocycles. The van der Waals surface area contributed by atoms with Gasteiger partial charge in [0.15, 0.2) is 11.6 Å². The highest BCUT2D eigenvalue weighted by Gasteiger charge is 2.24. The molecule has 0 spiro atoms. The Kier molecular flexibility index (Phi) is 7.09. The minimum absolute atomic E-state index is 0.137. The van der Waals surface area contributed by atoms with Crippen molar-refractivity contribution in [2.45, 2.75) is 33.7 Å². The predicted octanol–water partition coefficient (Wildman–Crippen LogP) is 5.71. The number of hydrogen-bond donors (Lipinski definition) is 2. The molecule has 7 nitrogen and oxygen atoms in total. The number of amides is 2. The van der Waals surface area contributed by atoms with Crippen LogP contribution in [0.2, 0.25) is 5.02 Å². The molecule has 0 radical (unpaired) electrons. The summed E-state index contributed by atoms with van der Waals surface area (Å²) in [6.07, 6.45) is 0.779. The van der Waals surface area contributed by atoms with Gasteiger partial charge in [-0.1, -0.05) is 48.9 Å². The fourth-order valence-electron chi connectivity index (χ4n) is 3.55. The average Bonchev–Trinajstić information content (AvgIpc) is 3.42. The van der Waals surface area contributed by atoms with E-state index in [4.69, 9.17) is 11.6 Å². The molecule has 4 rings (SSSR count). The van der Waals surface area contributed by atoms with Crippen molar-refractivity contribution in [1.82, 2.24) is 20.1 Å². The van der Waals surface area contributed by atoms with Crippen molar-refractivity contribution in [1.29, 1.82) is 0 Å². The topological polar surface area (TPSA) is 88.9 Å². The van der Waals surface area contributed by atoms with Crippen LogP contribution < -0.4 is 10.6 Å². The summed E-state index contributed by atoms with van der Waals surface area (Å²) in [6.45, 7) is 5.92. The fourth-order valence-corrected chi connectivity index (χ4v) is 4.93. The molecular weight excluding hydrogens is 470 g/mol. The Morgan fingerprint density at radius 3 is 2.50 bits per heavy atom. The Labute approximate surface area is 206 Å². The Morgan fingerprint density at radius 2 is 1.76 bits per heavy atom. The van der Waals surface area contributed by atoms with Crippen molar-refractivity contribution in [2.75, 3.05) is 5.32 Å². The van der Waals surface area contributed by atoms with E-state index in [1.165, 1.54) is 11.3 Å². The molecule has 0 aliphatic carbocycles. The summed E-state index contributed by atoms with van der Waals surface area (Å²) in [4.78, 5) is 27.0. The lowest BCUT2D eigenvalue weighted by atomic mass is 10.0. The number of hydrogen-bond acceptors (Lipinski definition) is 5. The lowest BCUT2D eigenvalue weighted by molar-refractivity contribution is 0.103. The van der Waals surface area contributed by atoms with E-state index >= 15 is 0 Å². The first kappa shape index (κ1) is 23.7. The summed E-state index contributed by atoms with van der Waals surface area (Å²) in [7, 11) is 0. The minimum atomic E-state index is -0.353. The third-order valence-corrected chi connectivity index (χ3v) is 6.96. The van der Waals surface area contributed by atoms with Crippen LogP contribution in [-0.4, -0.2) is 26.6 Å². The quantitative estimate of drug-likeness (QED) is 0.322. The van der Waals surface area contributed by atoms with Crippen molar-refractivity contribution in [3.63, 3.8) is 0 Å². The van der Waals surface area contributed by atoms with Crippen LogP contribution in [0, 0.1) is 13.8 Å². The SMILES string of the molecule is CCc1cc(C(=O)c2ccccc2Cl)c(-n2c(C)nnc2CNC(=O)Nc2ccccc2C)s1. The largest absolute Gasteiger partial charge is 0.331 e. The number of thiophene rings is 1. The number of halogens is 1. The maximum absolute atomic E-state index is 13.4. The summed E-state index contributed by atoms with van der Waals surface area (Å²) in [5.41, 5.74) is 2.67. The van der Waals surface area contributed by atoms with Gasteiger partial charge in [0.05, 0.1) is 17.1 Å². The smallest absolute Gasteiger partial charge is 0.319 e. The summed E-state index contributed by atoms with van der Waals surface area (Å²) in [6, 6.07) is 16.1. The van der Waals surface area contributed by atoms with E-state index in [9.17, 15) is 9.59 Å². The molecule has 0 aliphatic rings. The summed E-state index contributed by atoms with van der Waals surface area (Å²) in [5.74, 6) is 0.977.